The molecule has 0 saturated heterocycles. The number of aromatic nitrogens is 1. The molecule has 2 aromatic rings. The zero-order valence-corrected chi connectivity index (χ0v) is 13.0. The summed E-state index contributed by atoms with van der Waals surface area (Å²) in [5, 5.41) is 1.02. The van der Waals surface area contributed by atoms with E-state index in [9.17, 15) is 0 Å². The predicted octanol–water partition coefficient (Wildman–Crippen LogP) is 3.51. The highest BCUT2D eigenvalue weighted by molar-refractivity contribution is 7.15. The van der Waals surface area contributed by atoms with Crippen LogP contribution in [0.25, 0.3) is 10.6 Å². The molecule has 0 saturated carbocycles. The summed E-state index contributed by atoms with van der Waals surface area (Å²) in [5.41, 5.74) is 8.79. The van der Waals surface area contributed by atoms with Gasteiger partial charge in [0, 0.05) is 16.5 Å². The Kier molecular flexibility index (Phi) is 2.78. The normalized spacial score (nSPS) is 22.1. The van der Waals surface area contributed by atoms with E-state index < -0.39 is 0 Å². The molecule has 2 N–H and O–H groups in total. The summed E-state index contributed by atoms with van der Waals surface area (Å²) in [7, 11) is 0. The monoisotopic (exact) mass is 302 g/mol. The molecule has 21 heavy (non-hydrogen) atoms. The molecule has 110 valence electrons. The lowest BCUT2D eigenvalue weighted by atomic mass is 9.77. The number of fused-ring (bicyclic) bond motifs is 2. The predicted molar refractivity (Wildman–Crippen MR) is 82.7 cm³/mol. The average Bonchev–Trinajstić information content (AvgIpc) is 3.01. The minimum absolute atomic E-state index is 0.101. The van der Waals surface area contributed by atoms with Gasteiger partial charge in [-0.05, 0) is 36.5 Å². The Labute approximate surface area is 127 Å². The topological polar surface area (TPSA) is 57.4 Å². The maximum atomic E-state index is 6.33. The van der Waals surface area contributed by atoms with E-state index in [1.807, 2.05) is 18.2 Å². The lowest BCUT2D eigenvalue weighted by Crippen LogP contribution is -2.28. The van der Waals surface area contributed by atoms with E-state index in [0.29, 0.717) is 6.79 Å². The molecule has 0 spiro atoms. The van der Waals surface area contributed by atoms with Crippen LogP contribution >= 0.6 is 11.3 Å². The van der Waals surface area contributed by atoms with Crippen molar-refractivity contribution in [2.75, 3.05) is 6.79 Å². The first kappa shape index (κ1) is 13.1. The Bertz CT molecular complexity index is 708. The van der Waals surface area contributed by atoms with E-state index in [-0.39, 0.29) is 11.5 Å². The smallest absolute Gasteiger partial charge is 0.231 e. The zero-order chi connectivity index (χ0) is 14.6. The zero-order valence-electron chi connectivity index (χ0n) is 12.2. The van der Waals surface area contributed by atoms with Gasteiger partial charge in [0.05, 0.1) is 5.69 Å². The second kappa shape index (κ2) is 4.45. The molecule has 0 radical (unpaired) electrons. The fraction of sp³-hybridized carbons (Fsp3) is 0.438. The molecule has 1 aliphatic heterocycles. The van der Waals surface area contributed by atoms with Gasteiger partial charge in [-0.3, -0.25) is 0 Å². The third kappa shape index (κ3) is 2.21. The van der Waals surface area contributed by atoms with Crippen LogP contribution in [-0.4, -0.2) is 11.8 Å². The van der Waals surface area contributed by atoms with Crippen molar-refractivity contribution in [3.63, 3.8) is 0 Å². The lowest BCUT2D eigenvalue weighted by molar-refractivity contribution is 0.174. The van der Waals surface area contributed by atoms with E-state index >= 15 is 0 Å². The minimum Gasteiger partial charge on any atom is -0.454 e. The van der Waals surface area contributed by atoms with Gasteiger partial charge < -0.3 is 15.2 Å². The first-order valence-corrected chi connectivity index (χ1v) is 7.99. The van der Waals surface area contributed by atoms with Crippen molar-refractivity contribution in [3.05, 3.63) is 28.8 Å². The summed E-state index contributed by atoms with van der Waals surface area (Å²) in [4.78, 5) is 6.07. The lowest BCUT2D eigenvalue weighted by Gasteiger charge is -2.32. The van der Waals surface area contributed by atoms with Crippen LogP contribution in [0.4, 0.5) is 0 Å². The highest BCUT2D eigenvalue weighted by Crippen LogP contribution is 2.44. The molecule has 1 aliphatic carbocycles. The van der Waals surface area contributed by atoms with Crippen LogP contribution in [0.1, 0.15) is 36.9 Å². The van der Waals surface area contributed by atoms with E-state index in [1.165, 1.54) is 4.88 Å². The number of thiazole rings is 1. The van der Waals surface area contributed by atoms with E-state index in [2.05, 4.69) is 13.8 Å². The first-order valence-electron chi connectivity index (χ1n) is 7.17. The molecule has 1 aromatic carbocycles. The summed E-state index contributed by atoms with van der Waals surface area (Å²) >= 11 is 1.71. The Morgan fingerprint density at radius 3 is 2.95 bits per heavy atom. The number of nitrogens with two attached hydrogens (primary N) is 1. The Balaban J connectivity index is 1.74. The number of rotatable bonds is 1. The van der Waals surface area contributed by atoms with Gasteiger partial charge >= 0.3 is 0 Å². The quantitative estimate of drug-likeness (QED) is 0.876. The molecule has 1 atom stereocenters. The fourth-order valence-electron chi connectivity index (χ4n) is 3.15. The summed E-state index contributed by atoms with van der Waals surface area (Å²) in [6.07, 6.45) is 2.01. The van der Waals surface area contributed by atoms with E-state index in [4.69, 9.17) is 20.2 Å². The molecule has 0 fully saturated rings. The van der Waals surface area contributed by atoms with E-state index in [0.717, 1.165) is 40.6 Å². The third-order valence-electron chi connectivity index (χ3n) is 4.10. The second-order valence-corrected chi connectivity index (χ2v) is 7.58. The molecule has 4 rings (SSSR count). The summed E-state index contributed by atoms with van der Waals surface area (Å²) in [6, 6.07) is 6.09. The molecule has 5 heteroatoms. The van der Waals surface area contributed by atoms with Crippen molar-refractivity contribution in [1.29, 1.82) is 0 Å². The molecule has 0 bridgehead atoms. The third-order valence-corrected chi connectivity index (χ3v) is 5.38. The van der Waals surface area contributed by atoms with Gasteiger partial charge in [0.25, 0.3) is 0 Å². The van der Waals surface area contributed by atoms with Gasteiger partial charge in [0.1, 0.15) is 5.01 Å². The van der Waals surface area contributed by atoms with Gasteiger partial charge in [-0.1, -0.05) is 13.8 Å². The molecular weight excluding hydrogens is 284 g/mol. The Hall–Kier alpha value is -1.59. The Morgan fingerprint density at radius 2 is 2.10 bits per heavy atom. The largest absolute Gasteiger partial charge is 0.454 e. The standard InChI is InChI=1S/C16H18N2O2S/c1-16(2)6-10(17)14-11(7-16)18-15(21-14)9-3-4-12-13(5-9)20-8-19-12/h3-5,10H,6-8,17H2,1-2H3. The van der Waals surface area contributed by atoms with Crippen LogP contribution in [0.2, 0.25) is 0 Å². The summed E-state index contributed by atoms with van der Waals surface area (Å²) in [6.45, 7) is 4.82. The number of hydrogen-bond donors (Lipinski definition) is 1. The van der Waals surface area contributed by atoms with Gasteiger partial charge in [0.2, 0.25) is 6.79 Å². The van der Waals surface area contributed by atoms with Crippen molar-refractivity contribution < 1.29 is 9.47 Å². The SMILES string of the molecule is CC1(C)Cc2nc(-c3ccc4c(c3)OCO4)sc2C(N)C1. The molecular formula is C16H18N2O2S. The summed E-state index contributed by atoms with van der Waals surface area (Å²) < 4.78 is 10.8. The maximum Gasteiger partial charge on any atom is 0.231 e. The minimum atomic E-state index is 0.101. The van der Waals surface area contributed by atoms with Gasteiger partial charge in [-0.15, -0.1) is 11.3 Å². The number of nitrogens with zero attached hydrogens (tertiary/aromatic N) is 1. The Morgan fingerprint density at radius 1 is 1.29 bits per heavy atom. The van der Waals surface area contributed by atoms with Crippen LogP contribution in [0.15, 0.2) is 18.2 Å². The maximum absolute atomic E-state index is 6.33. The fourth-order valence-corrected chi connectivity index (χ4v) is 4.23. The number of ether oxygens (including phenoxy) is 2. The molecule has 1 aromatic heterocycles. The van der Waals surface area contributed by atoms with Gasteiger partial charge in [0.15, 0.2) is 11.5 Å². The van der Waals surface area contributed by atoms with Crippen molar-refractivity contribution in [1.82, 2.24) is 4.98 Å². The van der Waals surface area contributed by atoms with Crippen LogP contribution < -0.4 is 15.2 Å². The van der Waals surface area contributed by atoms with Crippen molar-refractivity contribution in [2.45, 2.75) is 32.7 Å². The van der Waals surface area contributed by atoms with Crippen molar-refractivity contribution in [3.8, 4) is 22.1 Å². The molecule has 1 unspecified atom stereocenters. The first-order chi connectivity index (χ1) is 10.0. The average molecular weight is 302 g/mol. The molecule has 2 heterocycles. The van der Waals surface area contributed by atoms with E-state index in [1.54, 1.807) is 11.3 Å². The van der Waals surface area contributed by atoms with Gasteiger partial charge in [-0.25, -0.2) is 4.98 Å². The second-order valence-electron chi connectivity index (χ2n) is 6.55. The molecule has 4 nitrogen and oxygen atoms in total. The molecule has 2 aliphatic rings. The number of hydrogen-bond acceptors (Lipinski definition) is 5. The molecule has 0 amide bonds. The highest BCUT2D eigenvalue weighted by Gasteiger charge is 2.33. The van der Waals surface area contributed by atoms with Crippen LogP contribution in [0.3, 0.4) is 0 Å². The van der Waals surface area contributed by atoms with Crippen LogP contribution in [0.5, 0.6) is 11.5 Å². The van der Waals surface area contributed by atoms with Crippen LogP contribution in [0, 0.1) is 5.41 Å². The summed E-state index contributed by atoms with van der Waals surface area (Å²) in [5.74, 6) is 1.60. The number of benzene rings is 1. The van der Waals surface area contributed by atoms with Gasteiger partial charge in [-0.2, -0.15) is 0 Å². The van der Waals surface area contributed by atoms with Crippen molar-refractivity contribution in [2.24, 2.45) is 11.1 Å². The van der Waals surface area contributed by atoms with Crippen LogP contribution in [-0.2, 0) is 6.42 Å². The van der Waals surface area contributed by atoms with Crippen molar-refractivity contribution >= 4 is 11.3 Å². The highest BCUT2D eigenvalue weighted by atomic mass is 32.1.